The van der Waals surface area contributed by atoms with Crippen LogP contribution in [-0.2, 0) is 13.7 Å². The van der Waals surface area contributed by atoms with Gasteiger partial charge in [-0.1, -0.05) is 0 Å². The maximum Gasteiger partial charge on any atom is 0.175 e. The second-order valence-corrected chi connectivity index (χ2v) is 6.06. The molecule has 112 valence electrons. The minimum Gasteiger partial charge on any atom is -0.493 e. The molecule has 0 aliphatic carbocycles. The van der Waals surface area contributed by atoms with Gasteiger partial charge in [0.05, 0.1) is 27.4 Å². The topological polar surface area (TPSA) is 53.4 Å². The number of rotatable bonds is 5. The molecule has 1 heterocycles. The molecule has 0 unspecified atom stereocenters. The van der Waals surface area contributed by atoms with Gasteiger partial charge in [0.15, 0.2) is 11.5 Å². The summed E-state index contributed by atoms with van der Waals surface area (Å²) in [4.78, 5) is 10.9. The fraction of sp³-hybridized carbons (Fsp3) is 0.286. The Balaban J connectivity index is 2.29. The molecule has 21 heavy (non-hydrogen) atoms. The molecule has 0 saturated carbocycles. The minimum atomic E-state index is 0.327. The summed E-state index contributed by atoms with van der Waals surface area (Å²) in [5, 5.41) is 4.32. The van der Waals surface area contributed by atoms with Gasteiger partial charge in [-0.2, -0.15) is 5.10 Å². The molecule has 0 N–H and O–H groups in total. The van der Waals surface area contributed by atoms with E-state index in [-0.39, 0.29) is 0 Å². The molecule has 0 aliphatic rings. The van der Waals surface area contributed by atoms with Gasteiger partial charge in [-0.05, 0) is 50.9 Å². The van der Waals surface area contributed by atoms with Gasteiger partial charge in [-0.3, -0.25) is 9.48 Å². The molecule has 0 radical (unpaired) electrons. The van der Waals surface area contributed by atoms with Gasteiger partial charge in [-0.15, -0.1) is 0 Å². The first-order chi connectivity index (χ1) is 9.97. The van der Waals surface area contributed by atoms with Gasteiger partial charge in [-0.25, -0.2) is 0 Å². The van der Waals surface area contributed by atoms with Crippen LogP contribution < -0.4 is 9.47 Å². The van der Waals surface area contributed by atoms with Crippen LogP contribution in [0.5, 0.6) is 11.5 Å². The van der Waals surface area contributed by atoms with Crippen LogP contribution in [0.1, 0.15) is 21.7 Å². The number of halogens is 2. The Morgan fingerprint density at radius 1 is 1.38 bits per heavy atom. The Morgan fingerprint density at radius 2 is 2.10 bits per heavy atom. The van der Waals surface area contributed by atoms with Crippen molar-refractivity contribution in [3.8, 4) is 11.5 Å². The second kappa shape index (κ2) is 6.62. The van der Waals surface area contributed by atoms with Crippen molar-refractivity contribution in [3.05, 3.63) is 38.0 Å². The highest BCUT2D eigenvalue weighted by atomic mass is 79.9. The van der Waals surface area contributed by atoms with E-state index in [9.17, 15) is 4.79 Å². The molecule has 1 aromatic carbocycles. The van der Waals surface area contributed by atoms with E-state index in [2.05, 4.69) is 37.0 Å². The zero-order valence-corrected chi connectivity index (χ0v) is 15.0. The van der Waals surface area contributed by atoms with Crippen molar-refractivity contribution in [2.75, 3.05) is 7.11 Å². The second-order valence-electron chi connectivity index (χ2n) is 4.41. The molecule has 0 amide bonds. The lowest BCUT2D eigenvalue weighted by Gasteiger charge is -2.13. The largest absolute Gasteiger partial charge is 0.493 e. The Labute approximate surface area is 139 Å². The number of carbonyl (C=O) groups excluding carboxylic acids is 1. The monoisotopic (exact) mass is 416 g/mol. The van der Waals surface area contributed by atoms with Gasteiger partial charge in [0.2, 0.25) is 0 Å². The molecule has 2 rings (SSSR count). The van der Waals surface area contributed by atoms with E-state index in [4.69, 9.17) is 9.47 Å². The smallest absolute Gasteiger partial charge is 0.175 e. The number of aldehydes is 1. The Kier molecular flexibility index (Phi) is 5.05. The van der Waals surface area contributed by atoms with Crippen LogP contribution >= 0.6 is 31.9 Å². The van der Waals surface area contributed by atoms with Gasteiger partial charge >= 0.3 is 0 Å². The number of hydrogen-bond donors (Lipinski definition) is 0. The summed E-state index contributed by atoms with van der Waals surface area (Å²) in [6.07, 6.45) is 0.762. The van der Waals surface area contributed by atoms with E-state index in [0.29, 0.717) is 28.1 Å². The average molecular weight is 418 g/mol. The molecular formula is C14H14Br2N2O3. The predicted molar refractivity (Wildman–Crippen MR) is 86.1 cm³/mol. The maximum absolute atomic E-state index is 10.9. The van der Waals surface area contributed by atoms with Crippen LogP contribution in [0.25, 0.3) is 0 Å². The molecule has 1 aromatic heterocycles. The van der Waals surface area contributed by atoms with Crippen LogP contribution in [-0.4, -0.2) is 23.2 Å². The molecular weight excluding hydrogens is 404 g/mol. The number of nitrogens with zero attached hydrogens (tertiary/aromatic N) is 2. The van der Waals surface area contributed by atoms with E-state index < -0.39 is 0 Å². The van der Waals surface area contributed by atoms with E-state index in [1.165, 1.54) is 7.11 Å². The van der Waals surface area contributed by atoms with Crippen molar-refractivity contribution < 1.29 is 14.3 Å². The SMILES string of the molecule is COc1cc(C=O)cc(Br)c1OCc1c(Br)c(C)nn1C. The predicted octanol–water partition coefficient (Wildman–Crippen LogP) is 3.65. The number of carbonyl (C=O) groups is 1. The number of benzene rings is 1. The quantitative estimate of drug-likeness (QED) is 0.696. The number of aromatic nitrogens is 2. The number of ether oxygens (including phenoxy) is 2. The van der Waals surface area contributed by atoms with E-state index in [0.717, 1.165) is 22.1 Å². The van der Waals surface area contributed by atoms with Crippen LogP contribution in [0.2, 0.25) is 0 Å². The van der Waals surface area contributed by atoms with Crippen molar-refractivity contribution in [1.29, 1.82) is 0 Å². The van der Waals surface area contributed by atoms with Crippen molar-refractivity contribution in [1.82, 2.24) is 9.78 Å². The standard InChI is InChI=1S/C14H14Br2N2O3/c1-8-13(16)11(18(2)17-8)7-21-14-10(15)4-9(6-19)5-12(14)20-3/h4-6H,7H2,1-3H3. The number of methoxy groups -OCH3 is 1. The minimum absolute atomic E-state index is 0.327. The van der Waals surface area contributed by atoms with Crippen molar-refractivity contribution in [2.24, 2.45) is 7.05 Å². The summed E-state index contributed by atoms with van der Waals surface area (Å²) in [5.41, 5.74) is 2.34. The lowest BCUT2D eigenvalue weighted by atomic mass is 10.2. The van der Waals surface area contributed by atoms with Crippen LogP contribution in [0.4, 0.5) is 0 Å². The Morgan fingerprint density at radius 3 is 2.62 bits per heavy atom. The average Bonchev–Trinajstić information content (AvgIpc) is 2.70. The highest BCUT2D eigenvalue weighted by Gasteiger charge is 2.15. The molecule has 0 saturated heterocycles. The zero-order valence-electron chi connectivity index (χ0n) is 11.8. The lowest BCUT2D eigenvalue weighted by molar-refractivity contribution is 0.112. The Hall–Kier alpha value is -1.34. The van der Waals surface area contributed by atoms with Gasteiger partial charge in [0, 0.05) is 12.6 Å². The molecule has 0 fully saturated rings. The fourth-order valence-electron chi connectivity index (χ4n) is 1.93. The van der Waals surface area contributed by atoms with Crippen molar-refractivity contribution >= 4 is 38.1 Å². The zero-order chi connectivity index (χ0) is 15.6. The lowest BCUT2D eigenvalue weighted by Crippen LogP contribution is -2.05. The molecule has 0 atom stereocenters. The summed E-state index contributed by atoms with van der Waals surface area (Å²) in [6, 6.07) is 3.32. The Bertz CT molecular complexity index is 683. The van der Waals surface area contributed by atoms with Gasteiger partial charge in [0.1, 0.15) is 12.9 Å². The first-order valence-corrected chi connectivity index (χ1v) is 7.70. The van der Waals surface area contributed by atoms with Gasteiger partial charge in [0.25, 0.3) is 0 Å². The third-order valence-electron chi connectivity index (χ3n) is 3.00. The molecule has 0 spiro atoms. The third-order valence-corrected chi connectivity index (χ3v) is 4.62. The van der Waals surface area contributed by atoms with Crippen LogP contribution in [0.15, 0.2) is 21.1 Å². The van der Waals surface area contributed by atoms with E-state index in [1.807, 2.05) is 14.0 Å². The summed E-state index contributed by atoms with van der Waals surface area (Å²) in [7, 11) is 3.39. The first-order valence-electron chi connectivity index (χ1n) is 6.11. The molecule has 5 nitrogen and oxygen atoms in total. The molecule has 7 heteroatoms. The van der Waals surface area contributed by atoms with E-state index in [1.54, 1.807) is 16.8 Å². The summed E-state index contributed by atoms with van der Waals surface area (Å²) in [6.45, 7) is 2.25. The summed E-state index contributed by atoms with van der Waals surface area (Å²) < 4.78 is 14.5. The van der Waals surface area contributed by atoms with E-state index >= 15 is 0 Å². The normalized spacial score (nSPS) is 10.5. The van der Waals surface area contributed by atoms with Crippen molar-refractivity contribution in [3.63, 3.8) is 0 Å². The number of hydrogen-bond acceptors (Lipinski definition) is 4. The van der Waals surface area contributed by atoms with Crippen LogP contribution in [0.3, 0.4) is 0 Å². The van der Waals surface area contributed by atoms with Crippen molar-refractivity contribution in [2.45, 2.75) is 13.5 Å². The summed E-state index contributed by atoms with van der Waals surface area (Å²) >= 11 is 6.90. The number of aryl methyl sites for hydroxylation is 2. The molecule has 2 aromatic rings. The van der Waals surface area contributed by atoms with Gasteiger partial charge < -0.3 is 9.47 Å². The third kappa shape index (κ3) is 3.29. The summed E-state index contributed by atoms with van der Waals surface area (Å²) in [5.74, 6) is 1.05. The highest BCUT2D eigenvalue weighted by Crippen LogP contribution is 2.37. The van der Waals surface area contributed by atoms with Crippen LogP contribution in [0, 0.1) is 6.92 Å². The molecule has 0 bridgehead atoms. The highest BCUT2D eigenvalue weighted by molar-refractivity contribution is 9.10. The molecule has 0 aliphatic heterocycles. The first kappa shape index (κ1) is 16.0. The maximum atomic E-state index is 10.9. The fourth-order valence-corrected chi connectivity index (χ4v) is 2.95.